The fourth-order valence-corrected chi connectivity index (χ4v) is 3.75. The molecule has 5 nitrogen and oxygen atoms in total. The lowest BCUT2D eigenvalue weighted by Crippen LogP contribution is -2.44. The number of hydrogen-bond donors (Lipinski definition) is 2. The summed E-state index contributed by atoms with van der Waals surface area (Å²) in [5.41, 5.74) is 1.55. The van der Waals surface area contributed by atoms with Gasteiger partial charge in [0.15, 0.2) is 5.96 Å². The van der Waals surface area contributed by atoms with Gasteiger partial charge in [-0.3, -0.25) is 4.90 Å². The first-order valence-corrected chi connectivity index (χ1v) is 9.67. The number of hydrogen-bond acceptors (Lipinski definition) is 3. The van der Waals surface area contributed by atoms with Crippen molar-refractivity contribution in [3.63, 3.8) is 0 Å². The molecule has 1 aromatic rings. The van der Waals surface area contributed by atoms with Crippen LogP contribution in [0.25, 0.3) is 0 Å². The van der Waals surface area contributed by atoms with Crippen LogP contribution in [0.1, 0.15) is 44.2 Å². The first-order chi connectivity index (χ1) is 12.6. The van der Waals surface area contributed by atoms with Crippen molar-refractivity contribution in [2.75, 3.05) is 20.2 Å². The lowest BCUT2D eigenvalue weighted by Gasteiger charge is -2.20. The van der Waals surface area contributed by atoms with Gasteiger partial charge in [0.1, 0.15) is 5.82 Å². The van der Waals surface area contributed by atoms with Crippen molar-refractivity contribution < 1.29 is 9.13 Å². The van der Waals surface area contributed by atoms with Crippen LogP contribution in [-0.4, -0.2) is 49.2 Å². The second kappa shape index (κ2) is 10.6. The highest BCUT2D eigenvalue weighted by atomic mass is 127. The largest absolute Gasteiger partial charge is 0.380 e. The van der Waals surface area contributed by atoms with E-state index in [1.54, 1.807) is 13.2 Å². The molecular formula is C20H32FIN4O. The van der Waals surface area contributed by atoms with Gasteiger partial charge in [-0.15, -0.1) is 24.0 Å². The van der Waals surface area contributed by atoms with E-state index in [-0.39, 0.29) is 36.4 Å². The quantitative estimate of drug-likeness (QED) is 0.350. The van der Waals surface area contributed by atoms with E-state index >= 15 is 0 Å². The van der Waals surface area contributed by atoms with Crippen LogP contribution >= 0.6 is 24.0 Å². The molecule has 1 aromatic carbocycles. The molecule has 3 rings (SSSR count). The van der Waals surface area contributed by atoms with Crippen molar-refractivity contribution in [3.8, 4) is 0 Å². The summed E-state index contributed by atoms with van der Waals surface area (Å²) in [4.78, 5) is 7.32. The number of likely N-dealkylation sites (tertiary alicyclic amines) is 1. The zero-order chi connectivity index (χ0) is 18.5. The first kappa shape index (κ1) is 22.4. The van der Waals surface area contributed by atoms with Crippen LogP contribution in [0.2, 0.25) is 0 Å². The fourth-order valence-electron chi connectivity index (χ4n) is 3.75. The van der Waals surface area contributed by atoms with Crippen molar-refractivity contribution in [3.05, 3.63) is 35.1 Å². The molecule has 2 fully saturated rings. The Bertz CT molecular complexity index is 638. The number of guanidine groups is 1. The zero-order valence-electron chi connectivity index (χ0n) is 16.5. The summed E-state index contributed by atoms with van der Waals surface area (Å²) in [5, 5.41) is 6.91. The predicted molar refractivity (Wildman–Crippen MR) is 118 cm³/mol. The molecule has 0 amide bonds. The van der Waals surface area contributed by atoms with Crippen LogP contribution < -0.4 is 10.6 Å². The number of halogens is 2. The minimum atomic E-state index is -0.232. The summed E-state index contributed by atoms with van der Waals surface area (Å²) in [6.45, 7) is 7.09. The molecule has 2 unspecified atom stereocenters. The second-order valence-corrected chi connectivity index (χ2v) is 7.41. The Morgan fingerprint density at radius 2 is 2.15 bits per heavy atom. The van der Waals surface area contributed by atoms with Crippen LogP contribution in [0.5, 0.6) is 0 Å². The van der Waals surface area contributed by atoms with E-state index in [9.17, 15) is 4.39 Å². The number of aliphatic imine (C=N–C) groups is 1. The van der Waals surface area contributed by atoms with Gasteiger partial charge < -0.3 is 15.4 Å². The van der Waals surface area contributed by atoms with Crippen molar-refractivity contribution in [1.29, 1.82) is 0 Å². The molecule has 2 N–H and O–H groups in total. The molecule has 0 radical (unpaired) electrons. The molecule has 0 spiro atoms. The summed E-state index contributed by atoms with van der Waals surface area (Å²) < 4.78 is 18.8. The molecule has 1 heterocycles. The van der Waals surface area contributed by atoms with Gasteiger partial charge in [0, 0.05) is 43.9 Å². The van der Waals surface area contributed by atoms with Crippen molar-refractivity contribution >= 4 is 29.9 Å². The summed E-state index contributed by atoms with van der Waals surface area (Å²) >= 11 is 0. The van der Waals surface area contributed by atoms with Crippen molar-refractivity contribution in [1.82, 2.24) is 15.5 Å². The standard InChI is InChI=1S/C20H31FN4O.HI/c1-4-22-20(24-17-9-14(2)25(12-17)18-6-7-18)23-11-15-5-8-19(21)16(10-15)13-26-3;/h5,8,10,14,17-18H,4,6-7,9,11-13H2,1-3H3,(H2,22,23,24);1H. The average Bonchev–Trinajstić information content (AvgIpc) is 3.39. The van der Waals surface area contributed by atoms with E-state index < -0.39 is 0 Å². The molecule has 27 heavy (non-hydrogen) atoms. The molecule has 1 saturated heterocycles. The van der Waals surface area contributed by atoms with Crippen LogP contribution in [0.4, 0.5) is 4.39 Å². The number of rotatable bonds is 7. The number of ether oxygens (including phenoxy) is 1. The predicted octanol–water partition coefficient (Wildman–Crippen LogP) is 3.27. The van der Waals surface area contributed by atoms with Gasteiger partial charge in [-0.2, -0.15) is 0 Å². The van der Waals surface area contributed by atoms with E-state index in [1.807, 2.05) is 6.07 Å². The molecule has 7 heteroatoms. The van der Waals surface area contributed by atoms with Crippen LogP contribution in [0.15, 0.2) is 23.2 Å². The summed E-state index contributed by atoms with van der Waals surface area (Å²) in [7, 11) is 1.57. The van der Waals surface area contributed by atoms with E-state index in [4.69, 9.17) is 9.73 Å². The molecule has 1 aliphatic heterocycles. The average molecular weight is 490 g/mol. The van der Waals surface area contributed by atoms with E-state index in [0.29, 0.717) is 24.2 Å². The van der Waals surface area contributed by atoms with Gasteiger partial charge in [0.05, 0.1) is 13.2 Å². The second-order valence-electron chi connectivity index (χ2n) is 7.41. The van der Waals surface area contributed by atoms with Crippen molar-refractivity contribution in [2.24, 2.45) is 4.99 Å². The Balaban J connectivity index is 0.00000261. The first-order valence-electron chi connectivity index (χ1n) is 9.67. The Morgan fingerprint density at radius 1 is 1.37 bits per heavy atom. The third kappa shape index (κ3) is 6.29. The number of benzene rings is 1. The van der Waals surface area contributed by atoms with Gasteiger partial charge in [0.2, 0.25) is 0 Å². The van der Waals surface area contributed by atoms with E-state index in [0.717, 1.165) is 37.1 Å². The molecule has 2 aliphatic rings. The van der Waals surface area contributed by atoms with Crippen LogP contribution in [0.3, 0.4) is 0 Å². The third-order valence-corrected chi connectivity index (χ3v) is 5.15. The molecule has 2 atom stereocenters. The van der Waals surface area contributed by atoms with Crippen LogP contribution in [-0.2, 0) is 17.9 Å². The summed E-state index contributed by atoms with van der Waals surface area (Å²) in [5.74, 6) is 0.602. The number of nitrogens with zero attached hydrogens (tertiary/aromatic N) is 2. The van der Waals surface area contributed by atoms with Crippen molar-refractivity contribution in [2.45, 2.75) is 64.4 Å². The minimum Gasteiger partial charge on any atom is -0.380 e. The molecular weight excluding hydrogens is 458 g/mol. The monoisotopic (exact) mass is 490 g/mol. The van der Waals surface area contributed by atoms with Gasteiger partial charge in [0.25, 0.3) is 0 Å². The molecule has 152 valence electrons. The summed E-state index contributed by atoms with van der Waals surface area (Å²) in [6.07, 6.45) is 3.84. The molecule has 0 aromatic heterocycles. The maximum Gasteiger partial charge on any atom is 0.191 e. The van der Waals surface area contributed by atoms with Gasteiger partial charge >= 0.3 is 0 Å². The maximum absolute atomic E-state index is 13.7. The topological polar surface area (TPSA) is 48.9 Å². The van der Waals surface area contributed by atoms with E-state index in [2.05, 4.69) is 29.4 Å². The Morgan fingerprint density at radius 3 is 2.81 bits per heavy atom. The molecule has 1 saturated carbocycles. The maximum atomic E-state index is 13.7. The lowest BCUT2D eigenvalue weighted by molar-refractivity contribution is 0.181. The molecule has 0 bridgehead atoms. The lowest BCUT2D eigenvalue weighted by atomic mass is 10.1. The Kier molecular flexibility index (Phi) is 8.75. The highest BCUT2D eigenvalue weighted by molar-refractivity contribution is 14.0. The minimum absolute atomic E-state index is 0. The van der Waals surface area contributed by atoms with Gasteiger partial charge in [-0.05, 0) is 50.8 Å². The van der Waals surface area contributed by atoms with E-state index in [1.165, 1.54) is 18.9 Å². The zero-order valence-corrected chi connectivity index (χ0v) is 18.8. The Labute approximate surface area is 179 Å². The highest BCUT2D eigenvalue weighted by Gasteiger charge is 2.38. The van der Waals surface area contributed by atoms with Crippen LogP contribution in [0, 0.1) is 5.82 Å². The highest BCUT2D eigenvalue weighted by Crippen LogP contribution is 2.33. The Hall–Kier alpha value is -0.930. The number of methoxy groups -OCH3 is 1. The third-order valence-electron chi connectivity index (χ3n) is 5.15. The smallest absolute Gasteiger partial charge is 0.191 e. The van der Waals surface area contributed by atoms with Gasteiger partial charge in [-0.25, -0.2) is 9.38 Å². The number of nitrogens with one attached hydrogen (secondary N) is 2. The summed E-state index contributed by atoms with van der Waals surface area (Å²) in [6, 6.07) is 6.98. The molecule has 1 aliphatic carbocycles. The SMILES string of the molecule is CCNC(=NCc1ccc(F)c(COC)c1)NC1CC(C)N(C2CC2)C1.I. The fraction of sp³-hybridized carbons (Fsp3) is 0.650. The normalized spacial score (nSPS) is 23.2. The van der Waals surface area contributed by atoms with Gasteiger partial charge in [-0.1, -0.05) is 6.07 Å².